The minimum atomic E-state index is -0.177. The van der Waals surface area contributed by atoms with Crippen molar-refractivity contribution in [2.75, 3.05) is 19.7 Å². The molecule has 1 fully saturated rings. The van der Waals surface area contributed by atoms with E-state index in [9.17, 15) is 4.39 Å². The topological polar surface area (TPSA) is 21.3 Å². The van der Waals surface area contributed by atoms with Crippen molar-refractivity contribution in [2.45, 2.75) is 19.4 Å². The zero-order valence-electron chi connectivity index (χ0n) is 9.42. The number of nitrogens with one attached hydrogen (secondary N) is 1. The number of piperidine rings is 1. The number of halogens is 1. The van der Waals surface area contributed by atoms with Crippen LogP contribution in [0.4, 0.5) is 4.39 Å². The summed E-state index contributed by atoms with van der Waals surface area (Å²) in [5, 5.41) is 3.34. The maximum atomic E-state index is 13.3. The predicted octanol–water partition coefficient (Wildman–Crippen LogP) is 2.34. The third-order valence-corrected chi connectivity index (χ3v) is 2.97. The molecule has 0 radical (unpaired) electrons. The maximum Gasteiger partial charge on any atom is 0.128 e. The molecule has 0 aliphatic carbocycles. The summed E-state index contributed by atoms with van der Waals surface area (Å²) in [6, 6.07) is 6.78. The van der Waals surface area contributed by atoms with Crippen LogP contribution in [0.25, 0.3) is 0 Å². The summed E-state index contributed by atoms with van der Waals surface area (Å²) in [5.74, 6) is 0.407. The lowest BCUT2D eigenvalue weighted by Gasteiger charge is -2.22. The normalized spacial score (nSPS) is 20.9. The molecule has 2 nitrogen and oxygen atoms in total. The Bertz CT molecular complexity index is 323. The van der Waals surface area contributed by atoms with Crippen molar-refractivity contribution in [1.29, 1.82) is 0 Å². The molecule has 1 aromatic carbocycles. The molecule has 3 heteroatoms. The largest absolute Gasteiger partial charge is 0.376 e. The van der Waals surface area contributed by atoms with Gasteiger partial charge in [0.25, 0.3) is 0 Å². The van der Waals surface area contributed by atoms with E-state index < -0.39 is 0 Å². The van der Waals surface area contributed by atoms with Crippen molar-refractivity contribution in [3.05, 3.63) is 35.6 Å². The molecule has 0 bridgehead atoms. The standard InChI is InChI=1S/C13H18FNO/c14-13-6-2-1-5-12(13)10-16-9-11-4-3-7-15-8-11/h1-2,5-6,11,15H,3-4,7-10H2. The summed E-state index contributed by atoms with van der Waals surface area (Å²) >= 11 is 0. The second-order valence-corrected chi connectivity index (χ2v) is 4.32. The van der Waals surface area contributed by atoms with Crippen molar-refractivity contribution >= 4 is 0 Å². The van der Waals surface area contributed by atoms with Crippen LogP contribution in [0.15, 0.2) is 24.3 Å². The van der Waals surface area contributed by atoms with Gasteiger partial charge in [-0.2, -0.15) is 0 Å². The first-order valence-corrected chi connectivity index (χ1v) is 5.88. The molecular formula is C13H18FNO. The molecule has 1 aliphatic heterocycles. The van der Waals surface area contributed by atoms with E-state index in [-0.39, 0.29) is 5.82 Å². The van der Waals surface area contributed by atoms with Gasteiger partial charge in [-0.1, -0.05) is 18.2 Å². The molecule has 0 aromatic heterocycles. The van der Waals surface area contributed by atoms with Crippen molar-refractivity contribution < 1.29 is 9.13 Å². The molecule has 16 heavy (non-hydrogen) atoms. The number of rotatable bonds is 4. The SMILES string of the molecule is Fc1ccccc1COCC1CCCNC1. The molecule has 0 amide bonds. The molecule has 0 saturated carbocycles. The minimum absolute atomic E-state index is 0.177. The van der Waals surface area contributed by atoms with Crippen molar-refractivity contribution in [3.63, 3.8) is 0 Å². The smallest absolute Gasteiger partial charge is 0.128 e. The van der Waals surface area contributed by atoms with Gasteiger partial charge in [-0.05, 0) is 31.4 Å². The lowest BCUT2D eigenvalue weighted by molar-refractivity contribution is 0.0766. The van der Waals surface area contributed by atoms with Gasteiger partial charge in [0, 0.05) is 12.1 Å². The van der Waals surface area contributed by atoms with Gasteiger partial charge in [0.05, 0.1) is 13.2 Å². The molecule has 2 rings (SSSR count). The van der Waals surface area contributed by atoms with Crippen LogP contribution in [-0.2, 0) is 11.3 Å². The van der Waals surface area contributed by atoms with Gasteiger partial charge in [0.15, 0.2) is 0 Å². The molecule has 1 heterocycles. The van der Waals surface area contributed by atoms with Gasteiger partial charge in [0.1, 0.15) is 5.82 Å². The monoisotopic (exact) mass is 223 g/mol. The fourth-order valence-electron chi connectivity index (χ4n) is 2.02. The summed E-state index contributed by atoms with van der Waals surface area (Å²) < 4.78 is 18.8. The minimum Gasteiger partial charge on any atom is -0.376 e. The van der Waals surface area contributed by atoms with Crippen molar-refractivity contribution in [3.8, 4) is 0 Å². The van der Waals surface area contributed by atoms with Crippen LogP contribution in [0.3, 0.4) is 0 Å². The van der Waals surface area contributed by atoms with Gasteiger partial charge in [-0.25, -0.2) is 4.39 Å². The number of ether oxygens (including phenoxy) is 1. The Morgan fingerprint density at radius 3 is 3.00 bits per heavy atom. The third kappa shape index (κ3) is 3.29. The summed E-state index contributed by atoms with van der Waals surface area (Å²) in [5.41, 5.74) is 0.645. The molecule has 88 valence electrons. The highest BCUT2D eigenvalue weighted by molar-refractivity contribution is 5.16. The molecule has 1 aliphatic rings. The lowest BCUT2D eigenvalue weighted by atomic mass is 10.0. The van der Waals surface area contributed by atoms with Crippen molar-refractivity contribution in [2.24, 2.45) is 5.92 Å². The second-order valence-electron chi connectivity index (χ2n) is 4.32. The van der Waals surface area contributed by atoms with E-state index in [1.54, 1.807) is 12.1 Å². The second kappa shape index (κ2) is 5.97. The van der Waals surface area contributed by atoms with Gasteiger partial charge in [-0.3, -0.25) is 0 Å². The average Bonchev–Trinajstić information content (AvgIpc) is 2.33. The zero-order chi connectivity index (χ0) is 11.2. The van der Waals surface area contributed by atoms with Gasteiger partial charge < -0.3 is 10.1 Å². The quantitative estimate of drug-likeness (QED) is 0.846. The van der Waals surface area contributed by atoms with E-state index >= 15 is 0 Å². The van der Waals surface area contributed by atoms with Crippen molar-refractivity contribution in [1.82, 2.24) is 5.32 Å². The third-order valence-electron chi connectivity index (χ3n) is 2.97. The maximum absolute atomic E-state index is 13.3. The van der Waals surface area contributed by atoms with Gasteiger partial charge in [0.2, 0.25) is 0 Å². The Kier molecular flexibility index (Phi) is 4.31. The highest BCUT2D eigenvalue weighted by Gasteiger charge is 2.12. The Labute approximate surface area is 95.8 Å². The summed E-state index contributed by atoms with van der Waals surface area (Å²) in [6.45, 7) is 3.24. The fraction of sp³-hybridized carbons (Fsp3) is 0.538. The van der Waals surface area contributed by atoms with E-state index in [2.05, 4.69) is 5.32 Å². The predicted molar refractivity (Wildman–Crippen MR) is 61.6 cm³/mol. The number of benzene rings is 1. The number of hydrogen-bond donors (Lipinski definition) is 1. The highest BCUT2D eigenvalue weighted by atomic mass is 19.1. The number of hydrogen-bond acceptors (Lipinski definition) is 2. The van der Waals surface area contributed by atoms with E-state index in [0.29, 0.717) is 18.1 Å². The lowest BCUT2D eigenvalue weighted by Crippen LogP contribution is -2.32. The Balaban J connectivity index is 1.73. The first kappa shape index (κ1) is 11.6. The van der Waals surface area contributed by atoms with Gasteiger partial charge in [-0.15, -0.1) is 0 Å². The van der Waals surface area contributed by atoms with E-state index in [4.69, 9.17) is 4.74 Å². The van der Waals surface area contributed by atoms with Crippen LogP contribution in [0.5, 0.6) is 0 Å². The first-order chi connectivity index (χ1) is 7.86. The summed E-state index contributed by atoms with van der Waals surface area (Å²) in [6.07, 6.45) is 2.43. The molecule has 1 saturated heterocycles. The molecule has 1 aromatic rings. The van der Waals surface area contributed by atoms with Crippen LogP contribution in [-0.4, -0.2) is 19.7 Å². The van der Waals surface area contributed by atoms with Crippen LogP contribution >= 0.6 is 0 Å². The molecule has 1 N–H and O–H groups in total. The summed E-state index contributed by atoms with van der Waals surface area (Å²) in [4.78, 5) is 0. The van der Waals surface area contributed by atoms with Crippen LogP contribution < -0.4 is 5.32 Å². The highest BCUT2D eigenvalue weighted by Crippen LogP contribution is 2.12. The zero-order valence-corrected chi connectivity index (χ0v) is 9.42. The fourth-order valence-corrected chi connectivity index (χ4v) is 2.02. The van der Waals surface area contributed by atoms with Crippen LogP contribution in [0, 0.1) is 11.7 Å². The molecule has 1 unspecified atom stereocenters. The van der Waals surface area contributed by atoms with E-state index in [1.807, 2.05) is 6.07 Å². The van der Waals surface area contributed by atoms with Crippen LogP contribution in [0.1, 0.15) is 18.4 Å². The van der Waals surface area contributed by atoms with Crippen LogP contribution in [0.2, 0.25) is 0 Å². The molecule has 0 spiro atoms. The van der Waals surface area contributed by atoms with Gasteiger partial charge >= 0.3 is 0 Å². The summed E-state index contributed by atoms with van der Waals surface area (Å²) in [7, 11) is 0. The molecule has 1 atom stereocenters. The van der Waals surface area contributed by atoms with E-state index in [0.717, 1.165) is 19.7 Å². The Hall–Kier alpha value is -0.930. The average molecular weight is 223 g/mol. The van der Waals surface area contributed by atoms with E-state index in [1.165, 1.54) is 18.9 Å². The Morgan fingerprint density at radius 1 is 1.38 bits per heavy atom. The molecular weight excluding hydrogens is 205 g/mol. The Morgan fingerprint density at radius 2 is 2.25 bits per heavy atom. The first-order valence-electron chi connectivity index (χ1n) is 5.88.